The Hall–Kier alpha value is -5.72. The standard InChI is InChI=1S/C34H23N3O3/c1-40-30-19-27-29(37-32(23-13-7-3-8-14-23)31(27)22-11-5-2-6-12-22)18-25(30)17-26(20-35)34(39)28(21-36)33(38)24-15-9-4-10-16-24/h2-19,28,37H,1H3/b26-17+. The molecule has 0 aliphatic heterocycles. The number of H-pyrrole nitrogens is 1. The van der Waals surface area contributed by atoms with Crippen LogP contribution in [0, 0.1) is 28.6 Å². The SMILES string of the molecule is COc1cc2c(-c3ccccc3)c(-c3ccccc3)[nH]c2cc1/C=C(\C#N)C(=O)C(C#N)C(=O)c1ccccc1. The first-order valence-corrected chi connectivity index (χ1v) is 12.5. The minimum absolute atomic E-state index is 0.229. The third-order valence-corrected chi connectivity index (χ3v) is 6.67. The molecule has 5 aromatic rings. The van der Waals surface area contributed by atoms with Crippen LogP contribution in [-0.4, -0.2) is 23.7 Å². The molecule has 0 bridgehead atoms. The maximum absolute atomic E-state index is 13.2. The van der Waals surface area contributed by atoms with Crippen LogP contribution in [0.5, 0.6) is 5.75 Å². The fourth-order valence-electron chi connectivity index (χ4n) is 4.73. The lowest BCUT2D eigenvalue weighted by atomic mass is 9.90. The molecule has 1 aromatic heterocycles. The Bertz CT molecular complexity index is 1820. The number of nitrogens with one attached hydrogen (secondary N) is 1. The van der Waals surface area contributed by atoms with E-state index in [9.17, 15) is 20.1 Å². The van der Waals surface area contributed by atoms with Crippen molar-refractivity contribution in [1.29, 1.82) is 10.5 Å². The zero-order valence-electron chi connectivity index (χ0n) is 21.6. The number of carbonyl (C=O) groups is 2. The van der Waals surface area contributed by atoms with Crippen LogP contribution < -0.4 is 4.74 Å². The van der Waals surface area contributed by atoms with Crippen LogP contribution in [-0.2, 0) is 4.79 Å². The molecule has 1 heterocycles. The number of benzene rings is 4. The van der Waals surface area contributed by atoms with Crippen LogP contribution in [0.1, 0.15) is 15.9 Å². The highest BCUT2D eigenvalue weighted by Gasteiger charge is 2.30. The highest BCUT2D eigenvalue weighted by atomic mass is 16.5. The number of hydrogen-bond donors (Lipinski definition) is 1. The summed E-state index contributed by atoms with van der Waals surface area (Å²) in [7, 11) is 1.51. The van der Waals surface area contributed by atoms with Crippen LogP contribution in [0.25, 0.3) is 39.4 Å². The van der Waals surface area contributed by atoms with Gasteiger partial charge in [0.05, 0.1) is 24.4 Å². The van der Waals surface area contributed by atoms with Gasteiger partial charge in [0.2, 0.25) is 0 Å². The van der Waals surface area contributed by atoms with Gasteiger partial charge < -0.3 is 9.72 Å². The molecule has 0 aliphatic carbocycles. The monoisotopic (exact) mass is 521 g/mol. The smallest absolute Gasteiger partial charge is 0.198 e. The minimum Gasteiger partial charge on any atom is -0.496 e. The molecule has 4 aromatic carbocycles. The number of allylic oxidation sites excluding steroid dienone is 1. The molecule has 6 heteroatoms. The zero-order chi connectivity index (χ0) is 28.1. The molecule has 5 rings (SSSR count). The molecule has 1 N–H and O–H groups in total. The number of ether oxygens (including phenoxy) is 1. The number of fused-ring (bicyclic) bond motifs is 1. The summed E-state index contributed by atoms with van der Waals surface area (Å²) in [5.41, 5.74) is 5.07. The lowest BCUT2D eigenvalue weighted by molar-refractivity contribution is -0.116. The number of nitrogens with zero attached hydrogens (tertiary/aromatic N) is 2. The van der Waals surface area contributed by atoms with E-state index in [0.717, 1.165) is 33.3 Å². The van der Waals surface area contributed by atoms with E-state index < -0.39 is 17.5 Å². The predicted molar refractivity (Wildman–Crippen MR) is 154 cm³/mol. The van der Waals surface area contributed by atoms with Crippen molar-refractivity contribution < 1.29 is 14.3 Å². The summed E-state index contributed by atoms with van der Waals surface area (Å²) in [4.78, 5) is 29.6. The highest BCUT2D eigenvalue weighted by molar-refractivity contribution is 6.20. The fourth-order valence-corrected chi connectivity index (χ4v) is 4.73. The number of hydrogen-bond acceptors (Lipinski definition) is 5. The molecule has 0 saturated carbocycles. The lowest BCUT2D eigenvalue weighted by Gasteiger charge is -2.10. The van der Waals surface area contributed by atoms with E-state index in [-0.39, 0.29) is 11.1 Å². The topological polar surface area (TPSA) is 107 Å². The summed E-state index contributed by atoms with van der Waals surface area (Å²) in [6.45, 7) is 0. The maximum atomic E-state index is 13.2. The first kappa shape index (κ1) is 25.9. The van der Waals surface area contributed by atoms with E-state index in [1.807, 2.05) is 72.8 Å². The summed E-state index contributed by atoms with van der Waals surface area (Å²) >= 11 is 0. The second-order valence-corrected chi connectivity index (χ2v) is 9.07. The molecule has 1 unspecified atom stereocenters. The summed E-state index contributed by atoms with van der Waals surface area (Å²) in [5, 5.41) is 20.4. The first-order valence-electron chi connectivity index (χ1n) is 12.5. The van der Waals surface area contributed by atoms with Gasteiger partial charge in [0.1, 0.15) is 11.8 Å². The van der Waals surface area contributed by atoms with Gasteiger partial charge in [-0.15, -0.1) is 0 Å². The average Bonchev–Trinajstić information content (AvgIpc) is 3.39. The predicted octanol–water partition coefficient (Wildman–Crippen LogP) is 7.01. The number of aromatic amines is 1. The quantitative estimate of drug-likeness (QED) is 0.102. The van der Waals surface area contributed by atoms with Crippen molar-refractivity contribution in [1.82, 2.24) is 4.98 Å². The second kappa shape index (κ2) is 11.3. The van der Waals surface area contributed by atoms with Gasteiger partial charge in [-0.25, -0.2) is 0 Å². The number of nitriles is 2. The molecule has 0 spiro atoms. The van der Waals surface area contributed by atoms with Crippen molar-refractivity contribution >= 4 is 28.5 Å². The van der Waals surface area contributed by atoms with Crippen molar-refractivity contribution in [3.05, 3.63) is 120 Å². The summed E-state index contributed by atoms with van der Waals surface area (Å²) in [5.74, 6) is -2.71. The van der Waals surface area contributed by atoms with Crippen LogP contribution >= 0.6 is 0 Å². The number of methoxy groups -OCH3 is 1. The summed E-state index contributed by atoms with van der Waals surface area (Å²) in [6, 6.07) is 35.3. The maximum Gasteiger partial charge on any atom is 0.198 e. The van der Waals surface area contributed by atoms with Crippen LogP contribution in [0.15, 0.2) is 109 Å². The molecule has 192 valence electrons. The van der Waals surface area contributed by atoms with Gasteiger partial charge in [-0.1, -0.05) is 91.0 Å². The van der Waals surface area contributed by atoms with Crippen molar-refractivity contribution in [2.45, 2.75) is 0 Å². The summed E-state index contributed by atoms with van der Waals surface area (Å²) in [6.07, 6.45) is 1.37. The molecule has 0 aliphatic rings. The number of aromatic nitrogens is 1. The number of rotatable bonds is 8. The molecule has 40 heavy (non-hydrogen) atoms. The normalized spacial score (nSPS) is 11.8. The Morgan fingerprint density at radius 3 is 2.02 bits per heavy atom. The van der Waals surface area contributed by atoms with Crippen molar-refractivity contribution in [2.24, 2.45) is 5.92 Å². The van der Waals surface area contributed by atoms with Crippen molar-refractivity contribution in [3.8, 4) is 40.3 Å². The van der Waals surface area contributed by atoms with E-state index in [0.29, 0.717) is 11.3 Å². The molecule has 6 nitrogen and oxygen atoms in total. The minimum atomic E-state index is -1.64. The van der Waals surface area contributed by atoms with Gasteiger partial charge in [-0.3, -0.25) is 9.59 Å². The molecule has 0 fully saturated rings. The van der Waals surface area contributed by atoms with Crippen LogP contribution in [0.3, 0.4) is 0 Å². The fraction of sp³-hybridized carbons (Fsp3) is 0.0588. The molecule has 1 atom stereocenters. The molecular weight excluding hydrogens is 498 g/mol. The number of carbonyl (C=O) groups excluding carboxylic acids is 2. The van der Waals surface area contributed by atoms with E-state index in [1.54, 1.807) is 30.3 Å². The number of Topliss-reactive ketones (excluding diaryl/α,β-unsaturated/α-hetero) is 2. The van der Waals surface area contributed by atoms with Gasteiger partial charge in [-0.2, -0.15) is 10.5 Å². The van der Waals surface area contributed by atoms with E-state index in [1.165, 1.54) is 25.3 Å². The Balaban J connectivity index is 1.64. The largest absolute Gasteiger partial charge is 0.496 e. The highest BCUT2D eigenvalue weighted by Crippen LogP contribution is 2.41. The van der Waals surface area contributed by atoms with Gasteiger partial charge in [0.25, 0.3) is 0 Å². The Labute approximate surface area is 231 Å². The van der Waals surface area contributed by atoms with E-state index >= 15 is 0 Å². The average molecular weight is 522 g/mol. The van der Waals surface area contributed by atoms with Crippen molar-refractivity contribution in [2.75, 3.05) is 7.11 Å². The lowest BCUT2D eigenvalue weighted by Crippen LogP contribution is -2.24. The van der Waals surface area contributed by atoms with Gasteiger partial charge in [-0.05, 0) is 29.3 Å². The molecule has 0 radical (unpaired) electrons. The zero-order valence-corrected chi connectivity index (χ0v) is 21.6. The third-order valence-electron chi connectivity index (χ3n) is 6.67. The summed E-state index contributed by atoms with van der Waals surface area (Å²) < 4.78 is 5.68. The van der Waals surface area contributed by atoms with Crippen molar-refractivity contribution in [3.63, 3.8) is 0 Å². The van der Waals surface area contributed by atoms with Gasteiger partial charge in [0.15, 0.2) is 17.5 Å². The Kier molecular flexibility index (Phi) is 7.35. The van der Waals surface area contributed by atoms with E-state index in [2.05, 4.69) is 4.98 Å². The van der Waals surface area contributed by atoms with Gasteiger partial charge in [0, 0.05) is 27.6 Å². The Morgan fingerprint density at radius 1 is 0.850 bits per heavy atom. The second-order valence-electron chi connectivity index (χ2n) is 9.07. The van der Waals surface area contributed by atoms with Crippen LogP contribution in [0.4, 0.5) is 0 Å². The van der Waals surface area contributed by atoms with E-state index in [4.69, 9.17) is 4.74 Å². The molecule has 0 amide bonds. The Morgan fingerprint density at radius 2 is 1.45 bits per heavy atom. The molecule has 0 saturated heterocycles. The number of ketones is 2. The molecular formula is C34H23N3O3. The van der Waals surface area contributed by atoms with Gasteiger partial charge >= 0.3 is 0 Å². The third kappa shape index (κ3) is 4.90. The first-order chi connectivity index (χ1) is 19.5. The van der Waals surface area contributed by atoms with Crippen LogP contribution in [0.2, 0.25) is 0 Å².